The summed E-state index contributed by atoms with van der Waals surface area (Å²) in [7, 11) is 0. The molecule has 0 aromatic heterocycles. The minimum absolute atomic E-state index is 0.177. The molecule has 1 heterocycles. The van der Waals surface area contributed by atoms with Crippen LogP contribution in [-0.4, -0.2) is 48.1 Å². The minimum atomic E-state index is -0.689. The highest BCUT2D eigenvalue weighted by atomic mass is 35.5. The van der Waals surface area contributed by atoms with E-state index in [1.54, 1.807) is 12.1 Å². The number of halogens is 2. The first kappa shape index (κ1) is 14.6. The molecule has 0 bridgehead atoms. The zero-order chi connectivity index (χ0) is 13.7. The molecule has 1 N–H and O–H groups in total. The van der Waals surface area contributed by atoms with Crippen molar-refractivity contribution >= 4 is 29.1 Å². The molecule has 1 fully saturated rings. The summed E-state index contributed by atoms with van der Waals surface area (Å²) in [6.45, 7) is 2.65. The molecular weight excluding hydrogens is 287 g/mol. The Labute approximate surface area is 122 Å². The molecule has 1 amide bonds. The lowest BCUT2D eigenvalue weighted by Crippen LogP contribution is -2.55. The fourth-order valence-electron chi connectivity index (χ4n) is 1.98. The molecule has 1 aromatic carbocycles. The van der Waals surface area contributed by atoms with Crippen LogP contribution in [0.5, 0.6) is 0 Å². The largest absolute Gasteiger partial charge is 0.379 e. The van der Waals surface area contributed by atoms with Crippen LogP contribution in [0, 0.1) is 0 Å². The Morgan fingerprint density at radius 1 is 1.21 bits per heavy atom. The fourth-order valence-corrected chi connectivity index (χ4v) is 2.42. The quantitative estimate of drug-likeness (QED) is 0.864. The maximum Gasteiger partial charge on any atom is 0.252 e. The van der Waals surface area contributed by atoms with Gasteiger partial charge in [-0.05, 0) is 12.1 Å². The van der Waals surface area contributed by atoms with Crippen LogP contribution >= 0.6 is 23.2 Å². The van der Waals surface area contributed by atoms with Crippen LogP contribution in [0.15, 0.2) is 30.3 Å². The van der Waals surface area contributed by atoms with Gasteiger partial charge in [0, 0.05) is 18.7 Å². The highest BCUT2D eigenvalue weighted by Crippen LogP contribution is 2.15. The Hall–Kier alpha value is -0.810. The molecule has 4 nitrogen and oxygen atoms in total. The van der Waals surface area contributed by atoms with Crippen molar-refractivity contribution in [2.75, 3.05) is 26.3 Å². The van der Waals surface area contributed by atoms with Crippen LogP contribution in [0.3, 0.4) is 0 Å². The Balaban J connectivity index is 2.02. The summed E-state index contributed by atoms with van der Waals surface area (Å²) in [4.78, 5) is 13.4. The summed E-state index contributed by atoms with van der Waals surface area (Å²) in [6, 6.07) is 9.00. The van der Waals surface area contributed by atoms with Gasteiger partial charge in [0.2, 0.25) is 0 Å². The van der Waals surface area contributed by atoms with Crippen molar-refractivity contribution in [3.8, 4) is 0 Å². The molecule has 0 aliphatic carbocycles. The van der Waals surface area contributed by atoms with E-state index in [2.05, 4.69) is 5.32 Å². The number of carbonyl (C=O) groups is 1. The van der Waals surface area contributed by atoms with Crippen molar-refractivity contribution in [2.45, 2.75) is 11.0 Å². The number of amides is 1. The summed E-state index contributed by atoms with van der Waals surface area (Å²) >= 11 is 12.0. The van der Waals surface area contributed by atoms with E-state index >= 15 is 0 Å². The third-order valence-electron chi connectivity index (χ3n) is 2.99. The lowest BCUT2D eigenvalue weighted by atomic mass is 10.2. The average Bonchev–Trinajstić information content (AvgIpc) is 2.46. The van der Waals surface area contributed by atoms with Crippen molar-refractivity contribution in [3.05, 3.63) is 35.9 Å². The van der Waals surface area contributed by atoms with E-state index in [1.165, 1.54) is 0 Å². The summed E-state index contributed by atoms with van der Waals surface area (Å²) < 4.78 is 5.28. The Kier molecular flexibility index (Phi) is 5.45. The lowest BCUT2D eigenvalue weighted by molar-refractivity contribution is 0.0121. The van der Waals surface area contributed by atoms with Crippen LogP contribution in [0.25, 0.3) is 0 Å². The molecule has 1 aliphatic heterocycles. The molecule has 6 heteroatoms. The Morgan fingerprint density at radius 2 is 1.84 bits per heavy atom. The van der Waals surface area contributed by atoms with E-state index in [0.717, 1.165) is 0 Å². The van der Waals surface area contributed by atoms with Gasteiger partial charge in [-0.3, -0.25) is 9.69 Å². The van der Waals surface area contributed by atoms with Crippen LogP contribution in [-0.2, 0) is 4.74 Å². The highest BCUT2D eigenvalue weighted by molar-refractivity contribution is 6.44. The summed E-state index contributed by atoms with van der Waals surface area (Å²) in [5.74, 6) is -0.177. The summed E-state index contributed by atoms with van der Waals surface area (Å²) in [5, 5.41) is 2.87. The normalized spacial score (nSPS) is 18.3. The number of hydrogen-bond donors (Lipinski definition) is 1. The minimum Gasteiger partial charge on any atom is -0.379 e. The standard InChI is InChI=1S/C13H16Cl2N2O2/c14-11(15)12(17-6-8-19-9-7-17)16-13(18)10-4-2-1-3-5-10/h1-5,11-12H,6-9H2,(H,16,18)/t12-/m0/s1. The second kappa shape index (κ2) is 7.10. The molecule has 1 aromatic rings. The van der Waals surface area contributed by atoms with E-state index in [-0.39, 0.29) is 5.91 Å². The van der Waals surface area contributed by atoms with Gasteiger partial charge in [-0.15, -0.1) is 23.2 Å². The number of ether oxygens (including phenoxy) is 1. The molecular formula is C13H16Cl2N2O2. The first-order chi connectivity index (χ1) is 9.18. The maximum absolute atomic E-state index is 12.1. The van der Waals surface area contributed by atoms with Gasteiger partial charge >= 0.3 is 0 Å². The monoisotopic (exact) mass is 302 g/mol. The van der Waals surface area contributed by atoms with Gasteiger partial charge in [0.25, 0.3) is 5.91 Å². The number of alkyl halides is 2. The first-order valence-corrected chi connectivity index (χ1v) is 7.01. The van der Waals surface area contributed by atoms with Crippen LogP contribution in [0.2, 0.25) is 0 Å². The molecule has 104 valence electrons. The van der Waals surface area contributed by atoms with Gasteiger partial charge in [-0.2, -0.15) is 0 Å². The Morgan fingerprint density at radius 3 is 2.42 bits per heavy atom. The smallest absolute Gasteiger partial charge is 0.252 e. The third-order valence-corrected chi connectivity index (χ3v) is 3.47. The number of morpholine rings is 1. The molecule has 2 rings (SSSR count). The van der Waals surface area contributed by atoms with Gasteiger partial charge in [-0.1, -0.05) is 18.2 Å². The number of rotatable bonds is 4. The molecule has 19 heavy (non-hydrogen) atoms. The van der Waals surface area contributed by atoms with Crippen molar-refractivity contribution < 1.29 is 9.53 Å². The van der Waals surface area contributed by atoms with E-state index in [1.807, 2.05) is 23.1 Å². The third kappa shape index (κ3) is 4.08. The predicted octanol–water partition coefficient (Wildman–Crippen LogP) is 1.88. The molecule has 1 saturated heterocycles. The second-order valence-corrected chi connectivity index (χ2v) is 5.43. The molecule has 0 saturated carbocycles. The molecule has 0 unspecified atom stereocenters. The van der Waals surface area contributed by atoms with Crippen molar-refractivity contribution in [1.29, 1.82) is 0 Å². The highest BCUT2D eigenvalue weighted by Gasteiger charge is 2.28. The van der Waals surface area contributed by atoms with E-state index in [0.29, 0.717) is 31.9 Å². The van der Waals surface area contributed by atoms with E-state index < -0.39 is 11.0 Å². The van der Waals surface area contributed by atoms with E-state index in [4.69, 9.17) is 27.9 Å². The Bertz CT molecular complexity index is 408. The van der Waals surface area contributed by atoms with Gasteiger partial charge in [0.05, 0.1) is 13.2 Å². The topological polar surface area (TPSA) is 41.6 Å². The second-order valence-electron chi connectivity index (χ2n) is 4.27. The SMILES string of the molecule is O=C(N[C@H](C(Cl)Cl)N1CCOCC1)c1ccccc1. The van der Waals surface area contributed by atoms with E-state index in [9.17, 15) is 4.79 Å². The number of carbonyl (C=O) groups excluding carboxylic acids is 1. The molecule has 1 atom stereocenters. The number of nitrogens with zero attached hydrogens (tertiary/aromatic N) is 1. The van der Waals surface area contributed by atoms with Gasteiger partial charge in [-0.25, -0.2) is 0 Å². The molecule has 0 spiro atoms. The summed E-state index contributed by atoms with van der Waals surface area (Å²) in [6.07, 6.45) is -0.403. The van der Waals surface area contributed by atoms with Crippen molar-refractivity contribution in [1.82, 2.24) is 10.2 Å². The van der Waals surface area contributed by atoms with Gasteiger partial charge < -0.3 is 10.1 Å². The van der Waals surface area contributed by atoms with Crippen LogP contribution in [0.4, 0.5) is 0 Å². The number of hydrogen-bond acceptors (Lipinski definition) is 3. The average molecular weight is 303 g/mol. The predicted molar refractivity (Wildman–Crippen MR) is 75.6 cm³/mol. The van der Waals surface area contributed by atoms with Crippen LogP contribution in [0.1, 0.15) is 10.4 Å². The molecule has 1 aliphatic rings. The number of benzene rings is 1. The summed E-state index contributed by atoms with van der Waals surface area (Å²) in [5.41, 5.74) is 0.592. The number of nitrogens with one attached hydrogen (secondary N) is 1. The van der Waals surface area contributed by atoms with Gasteiger partial charge in [0.15, 0.2) is 0 Å². The van der Waals surface area contributed by atoms with Crippen molar-refractivity contribution in [2.24, 2.45) is 0 Å². The molecule has 0 radical (unpaired) electrons. The first-order valence-electron chi connectivity index (χ1n) is 6.14. The van der Waals surface area contributed by atoms with Crippen molar-refractivity contribution in [3.63, 3.8) is 0 Å². The lowest BCUT2D eigenvalue weighted by Gasteiger charge is -2.35. The maximum atomic E-state index is 12.1. The zero-order valence-electron chi connectivity index (χ0n) is 10.4. The zero-order valence-corrected chi connectivity index (χ0v) is 11.9. The van der Waals surface area contributed by atoms with Gasteiger partial charge in [0.1, 0.15) is 11.0 Å². The fraction of sp³-hybridized carbons (Fsp3) is 0.462. The van der Waals surface area contributed by atoms with Crippen LogP contribution < -0.4 is 5.32 Å².